The van der Waals surface area contributed by atoms with Gasteiger partial charge in [0, 0.05) is 6.20 Å². The average molecular weight is 213 g/mol. The smallest absolute Gasteiger partial charge is 0.291 e. The van der Waals surface area contributed by atoms with Gasteiger partial charge in [0.1, 0.15) is 5.69 Å². The van der Waals surface area contributed by atoms with Crippen LogP contribution in [0.15, 0.2) is 18.3 Å². The summed E-state index contributed by atoms with van der Waals surface area (Å²) >= 11 is 0. The Kier molecular flexibility index (Phi) is 3.10. The molecule has 0 atom stereocenters. The zero-order valence-electron chi connectivity index (χ0n) is 7.51. The summed E-state index contributed by atoms with van der Waals surface area (Å²) in [6, 6.07) is 1.82. The van der Waals surface area contributed by atoms with Crippen molar-refractivity contribution in [1.82, 2.24) is 4.98 Å². The summed E-state index contributed by atoms with van der Waals surface area (Å²) in [5, 5.41) is 0. The predicted octanol–water partition coefficient (Wildman–Crippen LogP) is 2.31. The fourth-order valence-electron chi connectivity index (χ4n) is 0.910. The van der Waals surface area contributed by atoms with Gasteiger partial charge >= 0.3 is 6.18 Å². The first-order valence-corrected chi connectivity index (χ1v) is 3.95. The lowest BCUT2D eigenvalue weighted by Crippen LogP contribution is -2.07. The quantitative estimate of drug-likeness (QED) is 0.557. The van der Waals surface area contributed by atoms with Crippen molar-refractivity contribution in [3.8, 4) is 12.3 Å². The van der Waals surface area contributed by atoms with Crippen LogP contribution < -0.4 is 0 Å². The summed E-state index contributed by atoms with van der Waals surface area (Å²) in [5.74, 6) is 1.63. The third kappa shape index (κ3) is 2.81. The molecule has 0 aliphatic heterocycles. The summed E-state index contributed by atoms with van der Waals surface area (Å²) in [6.07, 6.45) is 0.890. The highest BCUT2D eigenvalue weighted by Gasteiger charge is 2.30. The molecule has 0 radical (unpaired) electrons. The van der Waals surface area contributed by atoms with Crippen molar-refractivity contribution in [2.75, 3.05) is 0 Å². The monoisotopic (exact) mass is 213 g/mol. The Balaban J connectivity index is 2.92. The minimum absolute atomic E-state index is 0.0547. The number of hydrogen-bond donors (Lipinski definition) is 0. The Morgan fingerprint density at radius 3 is 2.53 bits per heavy atom. The third-order valence-electron chi connectivity index (χ3n) is 1.64. The van der Waals surface area contributed by atoms with E-state index in [0.29, 0.717) is 6.20 Å². The molecular weight excluding hydrogens is 207 g/mol. The Morgan fingerprint density at radius 2 is 2.13 bits per heavy atom. The maximum atomic E-state index is 12.1. The number of pyridine rings is 1. The Hall–Kier alpha value is -1.83. The van der Waals surface area contributed by atoms with Crippen LogP contribution in [-0.2, 0) is 6.18 Å². The van der Waals surface area contributed by atoms with Crippen molar-refractivity contribution >= 4 is 5.78 Å². The van der Waals surface area contributed by atoms with E-state index in [1.165, 1.54) is 0 Å². The van der Waals surface area contributed by atoms with Gasteiger partial charge in [-0.3, -0.25) is 9.78 Å². The van der Waals surface area contributed by atoms with Crippen molar-refractivity contribution in [3.63, 3.8) is 0 Å². The highest BCUT2D eigenvalue weighted by atomic mass is 19.4. The molecule has 2 nitrogen and oxygen atoms in total. The lowest BCUT2D eigenvalue weighted by molar-refractivity contribution is -0.137. The van der Waals surface area contributed by atoms with E-state index in [4.69, 9.17) is 6.42 Å². The van der Waals surface area contributed by atoms with Crippen molar-refractivity contribution in [2.24, 2.45) is 0 Å². The first kappa shape index (κ1) is 11.2. The summed E-state index contributed by atoms with van der Waals surface area (Å²) in [6.45, 7) is 0. The number of nitrogens with zero attached hydrogens (tertiary/aromatic N) is 1. The molecule has 0 amide bonds. The number of rotatable bonds is 2. The molecule has 1 aromatic heterocycles. The van der Waals surface area contributed by atoms with E-state index >= 15 is 0 Å². The van der Waals surface area contributed by atoms with Crippen LogP contribution >= 0.6 is 0 Å². The normalized spacial score (nSPS) is 10.8. The topological polar surface area (TPSA) is 30.0 Å². The van der Waals surface area contributed by atoms with Crippen LogP contribution in [-0.4, -0.2) is 10.8 Å². The molecule has 1 heterocycles. The van der Waals surface area contributed by atoms with Gasteiger partial charge in [-0.05, 0) is 12.1 Å². The fourth-order valence-corrected chi connectivity index (χ4v) is 0.910. The van der Waals surface area contributed by atoms with Crippen LogP contribution in [0.1, 0.15) is 22.5 Å². The van der Waals surface area contributed by atoms with Crippen LogP contribution in [0.4, 0.5) is 13.2 Å². The molecule has 0 saturated carbocycles. The van der Waals surface area contributed by atoms with Crippen molar-refractivity contribution < 1.29 is 18.0 Å². The van der Waals surface area contributed by atoms with Crippen molar-refractivity contribution in [2.45, 2.75) is 12.6 Å². The summed E-state index contributed by atoms with van der Waals surface area (Å²) < 4.78 is 36.3. The molecule has 5 heteroatoms. The lowest BCUT2D eigenvalue weighted by Gasteiger charge is -2.05. The molecule has 0 fully saturated rings. The molecule has 1 aromatic rings. The third-order valence-corrected chi connectivity index (χ3v) is 1.64. The van der Waals surface area contributed by atoms with Crippen LogP contribution in [0.3, 0.4) is 0 Å². The van der Waals surface area contributed by atoms with Gasteiger partial charge in [-0.2, -0.15) is 13.2 Å². The van der Waals surface area contributed by atoms with E-state index < -0.39 is 17.5 Å². The minimum atomic E-state index is -4.44. The number of terminal acetylenes is 1. The second kappa shape index (κ2) is 4.13. The SMILES string of the molecule is C#CCC(=O)c1ccc(C(F)(F)F)cn1. The maximum Gasteiger partial charge on any atom is 0.417 e. The minimum Gasteiger partial charge on any atom is -0.291 e. The number of ketones is 1. The Labute approximate surface area is 84.1 Å². The lowest BCUT2D eigenvalue weighted by atomic mass is 10.2. The first-order chi connectivity index (χ1) is 6.95. The van der Waals surface area contributed by atoms with Crippen LogP contribution in [0.25, 0.3) is 0 Å². The number of Topliss-reactive ketones (excluding diaryl/α,β-unsaturated/α-hetero) is 1. The molecule has 0 spiro atoms. The molecule has 0 aliphatic carbocycles. The van der Waals surface area contributed by atoms with E-state index in [9.17, 15) is 18.0 Å². The first-order valence-electron chi connectivity index (χ1n) is 3.95. The fraction of sp³-hybridized carbons (Fsp3) is 0.200. The summed E-state index contributed by atoms with van der Waals surface area (Å²) in [5.41, 5.74) is -0.944. The Morgan fingerprint density at radius 1 is 1.47 bits per heavy atom. The zero-order valence-corrected chi connectivity index (χ0v) is 7.51. The van der Waals surface area contributed by atoms with Crippen LogP contribution in [0.5, 0.6) is 0 Å². The largest absolute Gasteiger partial charge is 0.417 e. The molecular formula is C10H6F3NO. The van der Waals surface area contributed by atoms with Gasteiger partial charge in [0.05, 0.1) is 12.0 Å². The molecule has 1 rings (SSSR count). The van der Waals surface area contributed by atoms with Crippen LogP contribution in [0, 0.1) is 12.3 Å². The number of alkyl halides is 3. The molecule has 78 valence electrons. The highest BCUT2D eigenvalue weighted by Crippen LogP contribution is 2.28. The molecule has 15 heavy (non-hydrogen) atoms. The van der Waals surface area contributed by atoms with Gasteiger partial charge in [-0.1, -0.05) is 5.92 Å². The Bertz CT molecular complexity index is 400. The number of aromatic nitrogens is 1. The molecule has 0 unspecified atom stereocenters. The van der Waals surface area contributed by atoms with Gasteiger partial charge < -0.3 is 0 Å². The van der Waals surface area contributed by atoms with Gasteiger partial charge in [0.15, 0.2) is 5.78 Å². The summed E-state index contributed by atoms with van der Waals surface area (Å²) in [7, 11) is 0. The van der Waals surface area contributed by atoms with Crippen LogP contribution in [0.2, 0.25) is 0 Å². The molecule has 0 N–H and O–H groups in total. The number of carbonyl (C=O) groups is 1. The van der Waals surface area contributed by atoms with E-state index in [1.54, 1.807) is 0 Å². The molecule has 0 aliphatic rings. The number of halogens is 3. The molecule has 0 bridgehead atoms. The van der Waals surface area contributed by atoms with Crippen molar-refractivity contribution in [1.29, 1.82) is 0 Å². The second-order valence-corrected chi connectivity index (χ2v) is 2.73. The van der Waals surface area contributed by atoms with Crippen molar-refractivity contribution in [3.05, 3.63) is 29.6 Å². The average Bonchev–Trinajstić information content (AvgIpc) is 2.17. The van der Waals surface area contributed by atoms with Gasteiger partial charge in [0.2, 0.25) is 0 Å². The zero-order chi connectivity index (χ0) is 11.5. The number of carbonyl (C=O) groups excluding carboxylic acids is 1. The second-order valence-electron chi connectivity index (χ2n) is 2.73. The van der Waals surface area contributed by atoms with Gasteiger partial charge in [-0.25, -0.2) is 0 Å². The van der Waals surface area contributed by atoms with E-state index in [-0.39, 0.29) is 12.1 Å². The number of hydrogen-bond acceptors (Lipinski definition) is 2. The van der Waals surface area contributed by atoms with E-state index in [1.807, 2.05) is 0 Å². The maximum absolute atomic E-state index is 12.1. The molecule has 0 saturated heterocycles. The standard InChI is InChI=1S/C10H6F3NO/c1-2-3-9(15)8-5-4-7(6-14-8)10(11,12)13/h1,4-6H,3H2. The predicted molar refractivity (Wildman–Crippen MR) is 47.0 cm³/mol. The van der Waals surface area contributed by atoms with E-state index in [0.717, 1.165) is 12.1 Å². The summed E-state index contributed by atoms with van der Waals surface area (Å²) in [4.78, 5) is 14.5. The van der Waals surface area contributed by atoms with E-state index in [2.05, 4.69) is 10.9 Å². The highest BCUT2D eigenvalue weighted by molar-refractivity contribution is 5.95. The molecule has 0 aromatic carbocycles. The van der Waals surface area contributed by atoms with Gasteiger partial charge in [-0.15, -0.1) is 6.42 Å². The van der Waals surface area contributed by atoms with Gasteiger partial charge in [0.25, 0.3) is 0 Å².